The van der Waals surface area contributed by atoms with Crippen LogP contribution >= 0.6 is 23.4 Å². The summed E-state index contributed by atoms with van der Waals surface area (Å²) in [5.74, 6) is -3.01. The standard InChI is InChI=1S/C23H16O6.C18H33ClN2O5S/c24-20-16(14-7-3-1-5-12(14)9-18(20)22(26)27)11-17-15-8-4-2-6-13(15)10-19(21(17)25)23(28)29;1-5-6-10-7-11(21(3)8-10)17(25)20-12(9(2)19)16-14(23)13(22)15(24)18(26-16)27-4/h1-10,24-25H,11H2,(H,26,27)(H,28,29);9-16,18,22-24H,5-8H2,1-4H3,(H,20,25)/t;9?,10-,11+,12?,13+,14-,15-,16-,18-/m.1/s1. The van der Waals surface area contributed by atoms with Gasteiger partial charge >= 0.3 is 11.9 Å². The number of nitrogens with one attached hydrogen (secondary N) is 1. The lowest BCUT2D eigenvalue weighted by Crippen LogP contribution is -2.65. The normalized spacial score (nSPS) is 25.0. The van der Waals surface area contributed by atoms with E-state index in [1.807, 2.05) is 11.9 Å². The van der Waals surface area contributed by atoms with Crippen molar-refractivity contribution in [2.75, 3.05) is 19.8 Å². The van der Waals surface area contributed by atoms with E-state index in [4.69, 9.17) is 16.3 Å². The average Bonchev–Trinajstić information content (AvgIpc) is 3.54. The fourth-order valence-electron chi connectivity index (χ4n) is 7.80. The zero-order valence-corrected chi connectivity index (χ0v) is 33.1. The number of carbonyl (C=O) groups excluding carboxylic acids is 1. The topological polar surface area (TPSA) is 217 Å². The Labute approximate surface area is 333 Å². The van der Waals surface area contributed by atoms with Crippen molar-refractivity contribution in [3.63, 3.8) is 0 Å². The fraction of sp³-hybridized carbons (Fsp3) is 0.439. The van der Waals surface area contributed by atoms with Crippen LogP contribution in [-0.4, -0.2) is 126 Å². The molecule has 0 saturated carbocycles. The van der Waals surface area contributed by atoms with Gasteiger partial charge in [-0.3, -0.25) is 9.69 Å². The van der Waals surface area contributed by atoms with Crippen LogP contribution < -0.4 is 5.32 Å². The number of amides is 1. The Morgan fingerprint density at radius 2 is 1.41 bits per heavy atom. The number of thioether (sulfide) groups is 1. The lowest BCUT2D eigenvalue weighted by Gasteiger charge is -2.44. The number of carbonyl (C=O) groups is 3. The molecule has 13 nitrogen and oxygen atoms in total. The number of ether oxygens (including phenoxy) is 1. The summed E-state index contributed by atoms with van der Waals surface area (Å²) in [6, 6.07) is 15.8. The number of likely N-dealkylation sites (N-methyl/N-ethyl adjacent to an activating group) is 1. The summed E-state index contributed by atoms with van der Waals surface area (Å²) >= 11 is 7.55. The van der Waals surface area contributed by atoms with Crippen molar-refractivity contribution in [1.29, 1.82) is 0 Å². The molecule has 0 aromatic heterocycles. The van der Waals surface area contributed by atoms with Crippen molar-refractivity contribution in [1.82, 2.24) is 10.2 Å². The number of fused-ring (bicyclic) bond motifs is 2. The van der Waals surface area contributed by atoms with Gasteiger partial charge in [-0.25, -0.2) is 9.59 Å². The largest absolute Gasteiger partial charge is 0.507 e. The first-order chi connectivity index (χ1) is 26.6. The van der Waals surface area contributed by atoms with Gasteiger partial charge in [0.2, 0.25) is 5.91 Å². The van der Waals surface area contributed by atoms with Crippen LogP contribution in [0.5, 0.6) is 11.5 Å². The molecule has 0 aliphatic carbocycles. The number of carboxylic acids is 2. The quantitative estimate of drug-likeness (QED) is 0.0959. The van der Waals surface area contributed by atoms with Gasteiger partial charge in [-0.2, -0.15) is 0 Å². The number of likely N-dealkylation sites (tertiary alicyclic amines) is 1. The van der Waals surface area contributed by atoms with E-state index in [0.29, 0.717) is 38.6 Å². The van der Waals surface area contributed by atoms with Crippen LogP contribution in [0.15, 0.2) is 60.7 Å². The number of phenols is 2. The highest BCUT2D eigenvalue weighted by Crippen LogP contribution is 2.39. The maximum Gasteiger partial charge on any atom is 0.339 e. The van der Waals surface area contributed by atoms with E-state index >= 15 is 0 Å². The van der Waals surface area contributed by atoms with E-state index in [-0.39, 0.29) is 29.5 Å². The van der Waals surface area contributed by atoms with E-state index in [0.717, 1.165) is 25.8 Å². The van der Waals surface area contributed by atoms with Crippen molar-refractivity contribution >= 4 is 62.8 Å². The Hall–Kier alpha value is -4.15. The number of aliphatic hydroxyl groups excluding tert-OH is 3. The third-order valence-corrected chi connectivity index (χ3v) is 11.8. The highest BCUT2D eigenvalue weighted by atomic mass is 35.5. The minimum atomic E-state index is -1.36. The van der Waals surface area contributed by atoms with Gasteiger partial charge in [0.05, 0.1) is 17.5 Å². The molecule has 8 N–H and O–H groups in total. The van der Waals surface area contributed by atoms with Gasteiger partial charge in [-0.15, -0.1) is 23.4 Å². The first-order valence-corrected chi connectivity index (χ1v) is 20.1. The molecule has 0 spiro atoms. The van der Waals surface area contributed by atoms with Gasteiger partial charge in [0.15, 0.2) is 0 Å². The highest BCUT2D eigenvalue weighted by molar-refractivity contribution is 7.99. The molecule has 2 unspecified atom stereocenters. The Bertz CT molecular complexity index is 1960. The number of rotatable bonds is 11. The summed E-state index contributed by atoms with van der Waals surface area (Å²) < 4.78 is 5.79. The van der Waals surface area contributed by atoms with E-state index < -0.39 is 64.7 Å². The summed E-state index contributed by atoms with van der Waals surface area (Å²) in [5.41, 5.74) is -0.591. The van der Waals surface area contributed by atoms with Crippen LogP contribution in [0.1, 0.15) is 65.0 Å². The molecule has 2 saturated heterocycles. The maximum absolute atomic E-state index is 12.9. The molecular formula is C41H49ClN2O11S. The van der Waals surface area contributed by atoms with E-state index in [2.05, 4.69) is 12.2 Å². The summed E-state index contributed by atoms with van der Waals surface area (Å²) in [4.78, 5) is 38.2. The number of hydrogen-bond acceptors (Lipinski definition) is 11. The number of carboxylic acid groups (broad SMARTS) is 2. The van der Waals surface area contributed by atoms with E-state index in [1.54, 1.807) is 61.7 Å². The van der Waals surface area contributed by atoms with Crippen molar-refractivity contribution < 1.29 is 54.9 Å². The molecule has 0 radical (unpaired) electrons. The van der Waals surface area contributed by atoms with Crippen molar-refractivity contribution in [2.45, 2.75) is 86.8 Å². The Kier molecular flexibility index (Phi) is 14.1. The molecule has 4 aromatic rings. The summed E-state index contributed by atoms with van der Waals surface area (Å²) in [6.45, 7) is 4.74. The Morgan fingerprint density at radius 1 is 0.893 bits per heavy atom. The molecule has 302 valence electrons. The van der Waals surface area contributed by atoms with Crippen LogP contribution in [0.2, 0.25) is 0 Å². The molecule has 15 heteroatoms. The number of halogens is 1. The monoisotopic (exact) mass is 812 g/mol. The SMILES string of the molecule is CCC[C@@H]1C[C@@H](C(=O)NC(C(C)Cl)[C@H]2O[C@H](SC)[C@H](O)[C@@H](O)[C@H]2O)N(C)C1.O=C(O)c1cc2ccccc2c(Cc2c(O)c(C(=O)O)cc3ccccc23)c1O. The second-order valence-electron chi connectivity index (χ2n) is 14.5. The van der Waals surface area contributed by atoms with E-state index in [9.17, 15) is 50.1 Å². The molecule has 2 fully saturated rings. The van der Waals surface area contributed by atoms with Gasteiger partial charge in [0.1, 0.15) is 52.5 Å². The Balaban J connectivity index is 0.000000215. The lowest BCUT2D eigenvalue weighted by atomic mass is 9.90. The van der Waals surface area contributed by atoms with Crippen LogP contribution in [-0.2, 0) is 16.0 Å². The minimum Gasteiger partial charge on any atom is -0.507 e. The molecule has 2 heterocycles. The fourth-order valence-corrected chi connectivity index (χ4v) is 8.68. The molecular weight excluding hydrogens is 764 g/mol. The lowest BCUT2D eigenvalue weighted by molar-refractivity contribution is -0.205. The number of nitrogens with zero attached hydrogens (tertiary/aromatic N) is 1. The molecule has 0 bridgehead atoms. The van der Waals surface area contributed by atoms with Crippen LogP contribution in [0.3, 0.4) is 0 Å². The Morgan fingerprint density at radius 3 is 1.88 bits per heavy atom. The van der Waals surface area contributed by atoms with Gasteiger partial charge in [0, 0.05) is 24.1 Å². The van der Waals surface area contributed by atoms with Gasteiger partial charge < -0.3 is 45.8 Å². The third kappa shape index (κ3) is 9.02. The van der Waals surface area contributed by atoms with Crippen molar-refractivity contribution in [2.24, 2.45) is 5.92 Å². The second-order valence-corrected chi connectivity index (χ2v) is 16.1. The van der Waals surface area contributed by atoms with Crippen LogP contribution in [0.4, 0.5) is 0 Å². The van der Waals surface area contributed by atoms with E-state index in [1.165, 1.54) is 23.9 Å². The molecule has 1 amide bonds. The molecule has 4 aromatic carbocycles. The van der Waals surface area contributed by atoms with Gasteiger partial charge in [-0.1, -0.05) is 61.9 Å². The number of alkyl halides is 1. The summed E-state index contributed by atoms with van der Waals surface area (Å²) in [7, 11) is 1.94. The van der Waals surface area contributed by atoms with Crippen LogP contribution in [0.25, 0.3) is 21.5 Å². The van der Waals surface area contributed by atoms with Gasteiger partial charge in [-0.05, 0) is 72.7 Å². The predicted molar refractivity (Wildman–Crippen MR) is 215 cm³/mol. The minimum absolute atomic E-state index is 0.0407. The number of hydrogen-bond donors (Lipinski definition) is 8. The third-order valence-electron chi connectivity index (χ3n) is 10.7. The van der Waals surface area contributed by atoms with Crippen molar-refractivity contribution in [3.8, 4) is 11.5 Å². The molecule has 2 aliphatic heterocycles. The first-order valence-electron chi connectivity index (χ1n) is 18.4. The molecule has 2 aliphatic rings. The highest BCUT2D eigenvalue weighted by Gasteiger charge is 2.48. The van der Waals surface area contributed by atoms with Crippen molar-refractivity contribution in [3.05, 3.63) is 82.9 Å². The maximum atomic E-state index is 12.9. The first kappa shape index (κ1) is 43.0. The molecule has 9 atom stereocenters. The molecule has 6 rings (SSSR count). The zero-order valence-electron chi connectivity index (χ0n) is 31.5. The number of aromatic carboxylic acids is 2. The molecule has 56 heavy (non-hydrogen) atoms. The zero-order chi connectivity index (χ0) is 41.0. The number of benzene rings is 4. The smallest absolute Gasteiger partial charge is 0.339 e. The number of aromatic hydroxyl groups is 2. The summed E-state index contributed by atoms with van der Waals surface area (Å²) in [6.07, 6.45) is -0.139. The van der Waals surface area contributed by atoms with Gasteiger partial charge in [0.25, 0.3) is 0 Å². The summed E-state index contributed by atoms with van der Waals surface area (Å²) in [5, 5.41) is 75.8. The van der Waals surface area contributed by atoms with Crippen LogP contribution in [0, 0.1) is 5.92 Å². The number of aliphatic hydroxyl groups is 3. The average molecular weight is 813 g/mol. The predicted octanol–water partition coefficient (Wildman–Crippen LogP) is 4.78. The second kappa shape index (κ2) is 18.4.